The summed E-state index contributed by atoms with van der Waals surface area (Å²) in [4.78, 5) is 0. The van der Waals surface area contributed by atoms with Crippen molar-refractivity contribution in [3.63, 3.8) is 0 Å². The Hall–Kier alpha value is -0.150. The average molecular weight is 470 g/mol. The Morgan fingerprint density at radius 3 is 2.95 bits per heavy atom. The van der Waals surface area contributed by atoms with Crippen molar-refractivity contribution in [2.75, 3.05) is 0 Å². The van der Waals surface area contributed by atoms with E-state index in [1.54, 1.807) is 6.20 Å². The predicted molar refractivity (Wildman–Crippen MR) is 93.6 cm³/mol. The molecule has 0 fully saturated rings. The number of aromatic nitrogens is 2. The number of hydrazine groups is 1. The fourth-order valence-corrected chi connectivity index (χ4v) is 3.34. The molecular weight excluding hydrogens is 454 g/mol. The Balaban J connectivity index is 2.52. The minimum absolute atomic E-state index is 0.208. The van der Waals surface area contributed by atoms with Gasteiger partial charge in [-0.1, -0.05) is 34.5 Å². The number of nitrogens with two attached hydrogens (primary N) is 1. The van der Waals surface area contributed by atoms with Crippen LogP contribution >= 0.6 is 50.1 Å². The fraction of sp³-hybridized carbons (Fsp3) is 0.308. The van der Waals surface area contributed by atoms with Crippen molar-refractivity contribution in [2.45, 2.75) is 25.9 Å². The SMILES string of the molecule is CCCn1ncc(Cl)c1C(NN)c1cc(I)ccc1Br. The molecule has 0 aliphatic rings. The zero-order valence-corrected chi connectivity index (χ0v) is 15.4. The first kappa shape index (κ1) is 16.2. The van der Waals surface area contributed by atoms with Gasteiger partial charge in [0.1, 0.15) is 0 Å². The van der Waals surface area contributed by atoms with Gasteiger partial charge >= 0.3 is 0 Å². The zero-order chi connectivity index (χ0) is 14.7. The van der Waals surface area contributed by atoms with Crippen LogP contribution in [0.3, 0.4) is 0 Å². The van der Waals surface area contributed by atoms with Crippen molar-refractivity contribution >= 4 is 50.1 Å². The number of halogens is 3. The first-order valence-corrected chi connectivity index (χ1v) is 8.45. The molecule has 3 N–H and O–H groups in total. The first-order chi connectivity index (χ1) is 9.58. The summed E-state index contributed by atoms with van der Waals surface area (Å²) < 4.78 is 4.03. The van der Waals surface area contributed by atoms with Crippen molar-refractivity contribution in [1.82, 2.24) is 15.2 Å². The summed E-state index contributed by atoms with van der Waals surface area (Å²) in [6, 6.07) is 5.91. The summed E-state index contributed by atoms with van der Waals surface area (Å²) in [7, 11) is 0. The molecule has 7 heteroatoms. The van der Waals surface area contributed by atoms with Crippen LogP contribution < -0.4 is 11.3 Å². The maximum Gasteiger partial charge on any atom is 0.0904 e. The summed E-state index contributed by atoms with van der Waals surface area (Å²) in [6.45, 7) is 2.91. The van der Waals surface area contributed by atoms with Crippen LogP contribution in [0.25, 0.3) is 0 Å². The Kier molecular flexibility index (Phi) is 5.85. The van der Waals surface area contributed by atoms with Gasteiger partial charge in [-0.2, -0.15) is 5.10 Å². The zero-order valence-electron chi connectivity index (χ0n) is 10.9. The smallest absolute Gasteiger partial charge is 0.0904 e. The van der Waals surface area contributed by atoms with Gasteiger partial charge in [-0.05, 0) is 52.8 Å². The number of nitrogens with one attached hydrogen (secondary N) is 1. The van der Waals surface area contributed by atoms with Crippen LogP contribution in [0.5, 0.6) is 0 Å². The van der Waals surface area contributed by atoms with E-state index >= 15 is 0 Å². The standard InChI is InChI=1S/C13H15BrClIN4/c1-2-5-20-13(11(15)7-18-20)12(19-17)9-6-8(16)3-4-10(9)14/h3-4,6-7,12,19H,2,5,17H2,1H3. The maximum atomic E-state index is 6.30. The van der Waals surface area contributed by atoms with Crippen molar-refractivity contribution in [1.29, 1.82) is 0 Å². The second-order valence-corrected chi connectivity index (χ2v) is 6.87. The molecule has 1 aromatic heterocycles. The van der Waals surface area contributed by atoms with Crippen molar-refractivity contribution in [2.24, 2.45) is 5.84 Å². The highest BCUT2D eigenvalue weighted by Gasteiger charge is 2.23. The van der Waals surface area contributed by atoms with E-state index in [0.717, 1.165) is 32.3 Å². The highest BCUT2D eigenvalue weighted by molar-refractivity contribution is 14.1. The number of hydrogen-bond donors (Lipinski definition) is 2. The van der Waals surface area contributed by atoms with Crippen LogP contribution in [0.1, 0.15) is 30.6 Å². The van der Waals surface area contributed by atoms with Crippen LogP contribution in [0.15, 0.2) is 28.9 Å². The average Bonchev–Trinajstić information content (AvgIpc) is 2.77. The molecule has 0 radical (unpaired) electrons. The van der Waals surface area contributed by atoms with Crippen molar-refractivity contribution < 1.29 is 0 Å². The molecule has 0 aliphatic heterocycles. The molecule has 0 bridgehead atoms. The second kappa shape index (κ2) is 7.22. The molecule has 108 valence electrons. The minimum Gasteiger partial charge on any atom is -0.271 e. The summed E-state index contributed by atoms with van der Waals surface area (Å²) >= 11 is 12.2. The number of benzene rings is 1. The van der Waals surface area contributed by atoms with Crippen LogP contribution in [0, 0.1) is 3.57 Å². The maximum absolute atomic E-state index is 6.30. The molecule has 20 heavy (non-hydrogen) atoms. The van der Waals surface area contributed by atoms with E-state index in [1.807, 2.05) is 16.8 Å². The van der Waals surface area contributed by atoms with Gasteiger partial charge in [-0.25, -0.2) is 5.43 Å². The molecule has 0 aliphatic carbocycles. The van der Waals surface area contributed by atoms with Crippen molar-refractivity contribution in [3.05, 3.63) is 48.7 Å². The van der Waals surface area contributed by atoms with E-state index in [-0.39, 0.29) is 6.04 Å². The number of hydrogen-bond acceptors (Lipinski definition) is 3. The third-order valence-corrected chi connectivity index (χ3v) is 4.66. The lowest BCUT2D eigenvalue weighted by Crippen LogP contribution is -2.31. The van der Waals surface area contributed by atoms with Crippen LogP contribution in [0.2, 0.25) is 5.02 Å². The van der Waals surface area contributed by atoms with Crippen LogP contribution in [-0.2, 0) is 6.54 Å². The summed E-state index contributed by atoms with van der Waals surface area (Å²) in [5, 5.41) is 4.94. The summed E-state index contributed by atoms with van der Waals surface area (Å²) in [5.74, 6) is 5.78. The molecule has 4 nitrogen and oxygen atoms in total. The van der Waals surface area contributed by atoms with E-state index < -0.39 is 0 Å². The molecule has 1 atom stereocenters. The van der Waals surface area contributed by atoms with Crippen LogP contribution in [-0.4, -0.2) is 9.78 Å². The number of aryl methyl sites for hydroxylation is 1. The van der Waals surface area contributed by atoms with E-state index in [0.29, 0.717) is 5.02 Å². The topological polar surface area (TPSA) is 55.9 Å². The van der Waals surface area contributed by atoms with E-state index in [1.165, 1.54) is 0 Å². The third-order valence-electron chi connectivity index (χ3n) is 2.98. The summed E-state index contributed by atoms with van der Waals surface area (Å²) in [5.41, 5.74) is 4.78. The van der Waals surface area contributed by atoms with E-state index in [4.69, 9.17) is 17.4 Å². The first-order valence-electron chi connectivity index (χ1n) is 6.20. The van der Waals surface area contributed by atoms with Crippen LogP contribution in [0.4, 0.5) is 0 Å². The Morgan fingerprint density at radius 2 is 2.30 bits per heavy atom. The van der Waals surface area contributed by atoms with Gasteiger partial charge < -0.3 is 0 Å². The molecule has 0 spiro atoms. The van der Waals surface area contributed by atoms with Gasteiger partial charge in [-0.15, -0.1) is 0 Å². The van der Waals surface area contributed by atoms with Crippen molar-refractivity contribution in [3.8, 4) is 0 Å². The Labute approximate surface area is 145 Å². The molecule has 0 amide bonds. The van der Waals surface area contributed by atoms with Gasteiger partial charge in [0.2, 0.25) is 0 Å². The molecule has 2 aromatic rings. The van der Waals surface area contributed by atoms with Gasteiger partial charge in [0, 0.05) is 14.6 Å². The quantitative estimate of drug-likeness (QED) is 0.397. The molecule has 2 rings (SSSR count). The number of nitrogens with zero attached hydrogens (tertiary/aromatic N) is 2. The minimum atomic E-state index is -0.208. The van der Waals surface area contributed by atoms with E-state index in [9.17, 15) is 0 Å². The normalized spacial score (nSPS) is 12.7. The Morgan fingerprint density at radius 1 is 1.55 bits per heavy atom. The lowest BCUT2D eigenvalue weighted by atomic mass is 10.0. The molecule has 1 aromatic carbocycles. The highest BCUT2D eigenvalue weighted by atomic mass is 127. The van der Waals surface area contributed by atoms with Gasteiger partial charge in [0.15, 0.2) is 0 Å². The molecule has 1 unspecified atom stereocenters. The Bertz CT molecular complexity index is 602. The van der Waals surface area contributed by atoms with Gasteiger partial charge in [0.05, 0.1) is 23.0 Å². The summed E-state index contributed by atoms with van der Waals surface area (Å²) in [6.07, 6.45) is 2.65. The fourth-order valence-electron chi connectivity index (χ4n) is 2.10. The molecule has 1 heterocycles. The highest BCUT2D eigenvalue weighted by Crippen LogP contribution is 2.33. The lowest BCUT2D eigenvalue weighted by Gasteiger charge is -2.20. The second-order valence-electron chi connectivity index (χ2n) is 4.37. The van der Waals surface area contributed by atoms with E-state index in [2.05, 4.69) is 62.0 Å². The lowest BCUT2D eigenvalue weighted by molar-refractivity contribution is 0.520. The molecule has 0 saturated carbocycles. The van der Waals surface area contributed by atoms with Gasteiger partial charge in [-0.3, -0.25) is 10.5 Å². The largest absolute Gasteiger partial charge is 0.271 e. The molecule has 0 saturated heterocycles. The third kappa shape index (κ3) is 3.36. The number of rotatable bonds is 5. The monoisotopic (exact) mass is 468 g/mol. The predicted octanol–water partition coefficient (Wildman–Crippen LogP) is 3.87. The van der Waals surface area contributed by atoms with Gasteiger partial charge in [0.25, 0.3) is 0 Å². The molecular formula is C13H15BrClIN4.